The van der Waals surface area contributed by atoms with Gasteiger partial charge in [-0.3, -0.25) is 19.7 Å². The second-order valence-electron chi connectivity index (χ2n) is 5.70. The molecule has 0 aromatic heterocycles. The molecule has 0 saturated heterocycles. The zero-order valence-corrected chi connectivity index (χ0v) is 16.8. The van der Waals surface area contributed by atoms with Gasteiger partial charge in [0.1, 0.15) is 0 Å². The molecule has 2 amide bonds. The Morgan fingerprint density at radius 2 is 1.67 bits per heavy atom. The molecule has 0 radical (unpaired) electrons. The van der Waals surface area contributed by atoms with Gasteiger partial charge in [-0.15, -0.1) is 11.8 Å². The average Bonchev–Trinajstić information content (AvgIpc) is 2.66. The van der Waals surface area contributed by atoms with Crippen LogP contribution < -0.4 is 10.6 Å². The minimum atomic E-state index is -5.04. The maximum absolute atomic E-state index is 12.6. The van der Waals surface area contributed by atoms with E-state index >= 15 is 0 Å². The van der Waals surface area contributed by atoms with Gasteiger partial charge in [0.05, 0.1) is 20.5 Å². The minimum Gasteiger partial charge on any atom is -0.326 e. The number of rotatable bonds is 7. The van der Waals surface area contributed by atoms with E-state index in [0.717, 1.165) is 23.9 Å². The topological polar surface area (TPSA) is 118 Å². The van der Waals surface area contributed by atoms with Crippen LogP contribution in [-0.2, 0) is 20.4 Å². The van der Waals surface area contributed by atoms with Crippen molar-refractivity contribution in [2.45, 2.75) is 22.2 Å². The van der Waals surface area contributed by atoms with Gasteiger partial charge in [0, 0.05) is 24.4 Å². The van der Waals surface area contributed by atoms with E-state index in [0.29, 0.717) is 17.4 Å². The summed E-state index contributed by atoms with van der Waals surface area (Å²) in [5.41, 5.74) is -4.78. The number of carbonyl (C=O) groups excluding carboxylic acids is 2. The summed E-state index contributed by atoms with van der Waals surface area (Å²) in [4.78, 5) is 32.5. The van der Waals surface area contributed by atoms with Crippen molar-refractivity contribution < 1.29 is 31.9 Å². The number of alkyl halides is 3. The van der Waals surface area contributed by atoms with Gasteiger partial charge in [-0.1, -0.05) is 0 Å². The fourth-order valence-electron chi connectivity index (χ4n) is 2.19. The van der Waals surface area contributed by atoms with E-state index in [-0.39, 0.29) is 16.6 Å². The summed E-state index contributed by atoms with van der Waals surface area (Å²) in [6, 6.07) is 8.69. The number of benzene rings is 2. The summed E-state index contributed by atoms with van der Waals surface area (Å²) >= 11 is 0.751. The summed E-state index contributed by atoms with van der Waals surface area (Å²) in [5.74, 6) is -1.02. The predicted molar refractivity (Wildman–Crippen MR) is 106 cm³/mol. The number of thioether (sulfide) groups is 1. The van der Waals surface area contributed by atoms with Crippen molar-refractivity contribution in [3.05, 3.63) is 52.6 Å². The number of nitro groups is 1. The number of hydrogen-bond acceptors (Lipinski definition) is 6. The number of carbonyl (C=O) groups is 2. The van der Waals surface area contributed by atoms with E-state index in [1.165, 1.54) is 19.1 Å². The molecule has 0 heterocycles. The third-order valence-electron chi connectivity index (χ3n) is 3.40. The van der Waals surface area contributed by atoms with Gasteiger partial charge >= 0.3 is 5.51 Å². The number of halogens is 3. The first-order chi connectivity index (χ1) is 14.0. The van der Waals surface area contributed by atoms with Crippen molar-refractivity contribution in [2.24, 2.45) is 0 Å². The minimum absolute atomic E-state index is 0.0425. The average molecular weight is 461 g/mol. The number of nitrogens with one attached hydrogen (secondary N) is 2. The Labute approximate surface area is 174 Å². The van der Waals surface area contributed by atoms with E-state index in [1.807, 2.05) is 0 Å². The molecule has 0 aliphatic rings. The van der Waals surface area contributed by atoms with E-state index in [9.17, 15) is 37.1 Å². The van der Waals surface area contributed by atoms with Gasteiger partial charge in [-0.25, -0.2) is 4.21 Å². The second-order valence-corrected chi connectivity index (χ2v) is 8.19. The smallest absolute Gasteiger partial charge is 0.326 e. The Kier molecular flexibility index (Phi) is 7.56. The highest BCUT2D eigenvalue weighted by Crippen LogP contribution is 2.34. The molecule has 30 heavy (non-hydrogen) atoms. The van der Waals surface area contributed by atoms with Crippen molar-refractivity contribution in [1.29, 1.82) is 0 Å². The first-order valence-corrected chi connectivity index (χ1v) is 10.2. The maximum atomic E-state index is 12.6. The lowest BCUT2D eigenvalue weighted by Crippen LogP contribution is -2.16. The summed E-state index contributed by atoms with van der Waals surface area (Å²) in [5, 5.41) is 16.3. The number of nitro benzene ring substituents is 1. The molecule has 160 valence electrons. The lowest BCUT2D eigenvalue weighted by molar-refractivity contribution is -0.387. The first-order valence-electron chi connectivity index (χ1n) is 8.04. The monoisotopic (exact) mass is 461 g/mol. The molecule has 8 nitrogen and oxygen atoms in total. The molecule has 2 aromatic rings. The molecule has 0 unspecified atom stereocenters. The third kappa shape index (κ3) is 6.56. The Hall–Kier alpha value is -2.93. The normalized spacial score (nSPS) is 12.1. The zero-order valence-electron chi connectivity index (χ0n) is 15.2. The summed E-state index contributed by atoms with van der Waals surface area (Å²) in [6.45, 7) is 1.35. The molecule has 0 bridgehead atoms. The molecule has 2 N–H and O–H groups in total. The molecule has 2 rings (SSSR count). The highest BCUT2D eigenvalue weighted by molar-refractivity contribution is 8.00. The van der Waals surface area contributed by atoms with Crippen molar-refractivity contribution in [3.63, 3.8) is 0 Å². The molecule has 1 atom stereocenters. The summed E-state index contributed by atoms with van der Waals surface area (Å²) in [7, 11) is -3.40. The zero-order chi connectivity index (χ0) is 22.5. The molecule has 0 aliphatic heterocycles. The Morgan fingerprint density at radius 1 is 1.10 bits per heavy atom. The number of anilines is 2. The van der Waals surface area contributed by atoms with E-state index in [4.69, 9.17) is 0 Å². The highest BCUT2D eigenvalue weighted by atomic mass is 32.2. The van der Waals surface area contributed by atoms with Gasteiger partial charge in [0.2, 0.25) is 11.8 Å². The molecule has 0 aliphatic carbocycles. The second kappa shape index (κ2) is 9.71. The van der Waals surface area contributed by atoms with Crippen molar-refractivity contribution in [2.75, 3.05) is 16.4 Å². The Morgan fingerprint density at radius 3 is 2.17 bits per heavy atom. The molecule has 0 fully saturated rings. The van der Waals surface area contributed by atoms with E-state index in [1.54, 1.807) is 12.1 Å². The number of amides is 2. The van der Waals surface area contributed by atoms with Crippen LogP contribution in [0.15, 0.2) is 52.3 Å². The molecular formula is C17H14F3N3O5S2. The predicted octanol–water partition coefficient (Wildman–Crippen LogP) is 3.91. The van der Waals surface area contributed by atoms with Gasteiger partial charge < -0.3 is 10.6 Å². The van der Waals surface area contributed by atoms with Gasteiger partial charge in [-0.2, -0.15) is 13.2 Å². The Balaban J connectivity index is 2.05. The third-order valence-corrected chi connectivity index (χ3v) is 5.56. The van der Waals surface area contributed by atoms with Crippen LogP contribution in [0, 0.1) is 10.1 Å². The highest BCUT2D eigenvalue weighted by Gasteiger charge is 2.38. The number of nitrogens with zero attached hydrogens (tertiary/aromatic N) is 1. The van der Waals surface area contributed by atoms with Crippen LogP contribution >= 0.6 is 11.8 Å². The van der Waals surface area contributed by atoms with Crippen LogP contribution in [0.25, 0.3) is 0 Å². The molecule has 13 heteroatoms. The van der Waals surface area contributed by atoms with Gasteiger partial charge in [0.15, 0.2) is 10.8 Å². The van der Waals surface area contributed by atoms with Crippen LogP contribution in [0.3, 0.4) is 0 Å². The number of hydrogen-bond donors (Lipinski definition) is 2. The van der Waals surface area contributed by atoms with Crippen molar-refractivity contribution in [3.8, 4) is 0 Å². The van der Waals surface area contributed by atoms with Crippen molar-refractivity contribution >= 4 is 51.4 Å². The lowest BCUT2D eigenvalue weighted by atomic mass is 10.3. The van der Waals surface area contributed by atoms with Crippen LogP contribution in [0.4, 0.5) is 30.2 Å². The Bertz CT molecular complexity index is 997. The SMILES string of the molecule is CC(=O)Nc1ccc(NC(=O)CSc2ccc([S@](=O)C(F)(F)F)cc2[N+](=O)[O-])cc1. The molecule has 2 aromatic carbocycles. The fraction of sp³-hybridized carbons (Fsp3) is 0.176. The van der Waals surface area contributed by atoms with Crippen LogP contribution in [0.2, 0.25) is 0 Å². The largest absolute Gasteiger partial charge is 0.475 e. The van der Waals surface area contributed by atoms with Crippen LogP contribution in [-0.4, -0.2) is 32.2 Å². The quantitative estimate of drug-likeness (QED) is 0.367. The standard InChI is InChI=1S/C17H14F3N3O5S2/c1-10(24)21-11-2-4-12(5-3-11)22-16(25)9-29-15-7-6-13(8-14(15)23(26)27)30(28)17(18,19)20/h2-8H,9H2,1H3,(H,21,24)(H,22,25)/t30-/m0/s1. The molecular weight excluding hydrogens is 447 g/mol. The van der Waals surface area contributed by atoms with Crippen LogP contribution in [0.1, 0.15) is 6.92 Å². The lowest BCUT2D eigenvalue weighted by Gasteiger charge is -2.09. The van der Waals surface area contributed by atoms with E-state index < -0.39 is 37.7 Å². The van der Waals surface area contributed by atoms with Gasteiger partial charge in [0.25, 0.3) is 5.69 Å². The van der Waals surface area contributed by atoms with Gasteiger partial charge in [-0.05, 0) is 36.4 Å². The maximum Gasteiger partial charge on any atom is 0.475 e. The summed E-state index contributed by atoms with van der Waals surface area (Å²) in [6.07, 6.45) is 0. The van der Waals surface area contributed by atoms with Crippen LogP contribution in [0.5, 0.6) is 0 Å². The molecule has 0 saturated carbocycles. The fourth-order valence-corrected chi connectivity index (χ4v) is 3.67. The van der Waals surface area contributed by atoms with E-state index in [2.05, 4.69) is 10.6 Å². The van der Waals surface area contributed by atoms with Crippen molar-refractivity contribution in [1.82, 2.24) is 0 Å². The molecule has 0 spiro atoms. The first kappa shape index (κ1) is 23.3. The summed E-state index contributed by atoms with van der Waals surface area (Å²) < 4.78 is 49.1.